The van der Waals surface area contributed by atoms with Gasteiger partial charge >= 0.3 is 0 Å². The molecule has 1 unspecified atom stereocenters. The summed E-state index contributed by atoms with van der Waals surface area (Å²) in [6.07, 6.45) is 11.7. The van der Waals surface area contributed by atoms with Gasteiger partial charge in [0.25, 0.3) is 0 Å². The van der Waals surface area contributed by atoms with E-state index in [1.54, 1.807) is 0 Å². The van der Waals surface area contributed by atoms with Crippen molar-refractivity contribution in [3.8, 4) is 0 Å². The number of hydrogen-bond donors (Lipinski definition) is 2. The van der Waals surface area contributed by atoms with Crippen LogP contribution in [0.5, 0.6) is 0 Å². The fourth-order valence-electron chi connectivity index (χ4n) is 4.57. The predicted molar refractivity (Wildman–Crippen MR) is 104 cm³/mol. The van der Waals surface area contributed by atoms with E-state index in [4.69, 9.17) is 0 Å². The molecule has 0 fully saturated rings. The lowest BCUT2D eigenvalue weighted by Crippen LogP contribution is -2.43. The fraction of sp³-hybridized carbons (Fsp3) is 0.545. The van der Waals surface area contributed by atoms with Crippen LogP contribution < -0.4 is 10.6 Å². The number of benzene rings is 1. The minimum Gasteiger partial charge on any atom is -0.379 e. The van der Waals surface area contributed by atoms with E-state index in [0.29, 0.717) is 23.4 Å². The second-order valence-corrected chi connectivity index (χ2v) is 7.93. The summed E-state index contributed by atoms with van der Waals surface area (Å²) in [5.74, 6) is 0.432. The molecule has 0 saturated heterocycles. The molecule has 2 nitrogen and oxygen atoms in total. The number of allylic oxidation sites excluding steroid dienone is 3. The van der Waals surface area contributed by atoms with Gasteiger partial charge in [-0.15, -0.1) is 0 Å². The maximum absolute atomic E-state index is 14.4. The molecule has 0 radical (unpaired) electrons. The zero-order chi connectivity index (χ0) is 18.7. The third-order valence-electron chi connectivity index (χ3n) is 6.01. The first kappa shape index (κ1) is 19.1. The van der Waals surface area contributed by atoms with Crippen molar-refractivity contribution in [2.75, 3.05) is 18.9 Å². The Morgan fingerprint density at radius 1 is 1.27 bits per heavy atom. The summed E-state index contributed by atoms with van der Waals surface area (Å²) in [5, 5.41) is 6.69. The molecule has 3 rings (SSSR count). The first-order valence-electron chi connectivity index (χ1n) is 9.74. The van der Waals surface area contributed by atoms with E-state index < -0.39 is 11.6 Å². The van der Waals surface area contributed by atoms with Gasteiger partial charge in [-0.25, -0.2) is 8.78 Å². The molecule has 0 amide bonds. The highest BCUT2D eigenvalue weighted by molar-refractivity contribution is 5.58. The van der Waals surface area contributed by atoms with Gasteiger partial charge in [0.1, 0.15) is 11.6 Å². The molecular formula is C22H30F2N2. The predicted octanol–water partition coefficient (Wildman–Crippen LogP) is 5.25. The van der Waals surface area contributed by atoms with Gasteiger partial charge in [0.15, 0.2) is 0 Å². The third-order valence-corrected chi connectivity index (χ3v) is 6.01. The maximum Gasteiger partial charge on any atom is 0.149 e. The summed E-state index contributed by atoms with van der Waals surface area (Å²) in [4.78, 5) is 0. The van der Waals surface area contributed by atoms with Gasteiger partial charge in [0.05, 0.1) is 5.69 Å². The van der Waals surface area contributed by atoms with Crippen LogP contribution in [0.4, 0.5) is 14.5 Å². The standard InChI is InChI=1S/C22H30F2N2/c1-14(13-25-3)9-10-18-15(2)19-11-17(23)12-20(24)22(19)26-21(18)16-7-5-4-6-8-16/h4-7,11-12,14-16,18,21,25-26H,8-10,13H2,1-3H3/t14-,15+,16?,18-,21+/m1/s1. The molecule has 0 saturated carbocycles. The molecule has 0 bridgehead atoms. The Balaban J connectivity index is 1.88. The maximum atomic E-state index is 14.4. The molecule has 1 aliphatic heterocycles. The van der Waals surface area contributed by atoms with Crippen molar-refractivity contribution in [2.45, 2.75) is 45.1 Å². The summed E-state index contributed by atoms with van der Waals surface area (Å²) in [5.41, 5.74) is 1.27. The van der Waals surface area contributed by atoms with E-state index in [0.717, 1.165) is 37.4 Å². The highest BCUT2D eigenvalue weighted by Crippen LogP contribution is 2.45. The molecule has 142 valence electrons. The number of halogens is 2. The van der Waals surface area contributed by atoms with Crippen molar-refractivity contribution in [2.24, 2.45) is 17.8 Å². The molecule has 0 aromatic heterocycles. The van der Waals surface area contributed by atoms with Crippen molar-refractivity contribution in [1.29, 1.82) is 0 Å². The highest BCUT2D eigenvalue weighted by atomic mass is 19.1. The molecule has 1 aromatic rings. The lowest BCUT2D eigenvalue weighted by molar-refractivity contribution is 0.274. The Kier molecular flexibility index (Phi) is 6.13. The summed E-state index contributed by atoms with van der Waals surface area (Å²) >= 11 is 0. The van der Waals surface area contributed by atoms with Crippen molar-refractivity contribution in [3.63, 3.8) is 0 Å². The topological polar surface area (TPSA) is 24.1 Å². The Hall–Kier alpha value is -1.68. The van der Waals surface area contributed by atoms with E-state index in [2.05, 4.69) is 48.8 Å². The molecule has 5 atom stereocenters. The Morgan fingerprint density at radius 3 is 2.77 bits per heavy atom. The zero-order valence-electron chi connectivity index (χ0n) is 15.9. The van der Waals surface area contributed by atoms with E-state index in [1.165, 1.54) is 6.07 Å². The third kappa shape index (κ3) is 4.01. The highest BCUT2D eigenvalue weighted by Gasteiger charge is 2.38. The van der Waals surface area contributed by atoms with Crippen LogP contribution >= 0.6 is 0 Å². The van der Waals surface area contributed by atoms with Gasteiger partial charge in [-0.2, -0.15) is 0 Å². The molecule has 0 spiro atoms. The first-order chi connectivity index (χ1) is 12.5. The quantitative estimate of drug-likeness (QED) is 0.724. The van der Waals surface area contributed by atoms with Gasteiger partial charge in [0.2, 0.25) is 0 Å². The van der Waals surface area contributed by atoms with Crippen LogP contribution in [-0.4, -0.2) is 19.6 Å². The molecule has 1 aliphatic carbocycles. The van der Waals surface area contributed by atoms with Crippen molar-refractivity contribution < 1.29 is 8.78 Å². The lowest BCUT2D eigenvalue weighted by Gasteiger charge is -2.43. The minimum absolute atomic E-state index is 0.127. The average Bonchev–Trinajstić information content (AvgIpc) is 2.62. The molecular weight excluding hydrogens is 330 g/mol. The van der Waals surface area contributed by atoms with E-state index in [1.807, 2.05) is 7.05 Å². The van der Waals surface area contributed by atoms with Crippen LogP contribution in [-0.2, 0) is 0 Å². The Morgan fingerprint density at radius 2 is 2.08 bits per heavy atom. The smallest absolute Gasteiger partial charge is 0.149 e. The molecule has 4 heteroatoms. The molecule has 2 aliphatic rings. The van der Waals surface area contributed by atoms with Crippen LogP contribution in [0, 0.1) is 29.4 Å². The second kappa shape index (κ2) is 8.34. The molecule has 2 N–H and O–H groups in total. The number of fused-ring (bicyclic) bond motifs is 1. The normalized spacial score (nSPS) is 28.5. The number of hydrogen-bond acceptors (Lipinski definition) is 2. The fourth-order valence-corrected chi connectivity index (χ4v) is 4.57. The van der Waals surface area contributed by atoms with Crippen LogP contribution in [0.3, 0.4) is 0 Å². The second-order valence-electron chi connectivity index (χ2n) is 7.93. The van der Waals surface area contributed by atoms with E-state index in [-0.39, 0.29) is 12.0 Å². The van der Waals surface area contributed by atoms with Gasteiger partial charge in [-0.3, -0.25) is 0 Å². The first-order valence-corrected chi connectivity index (χ1v) is 9.74. The van der Waals surface area contributed by atoms with Crippen molar-refractivity contribution >= 4 is 5.69 Å². The SMILES string of the molecule is CNC[C@H](C)CC[C@@H]1[C@H](C)c2cc(F)cc(F)c2N[C@H]1C1C=CC=CC1. The summed E-state index contributed by atoms with van der Waals surface area (Å²) < 4.78 is 28.3. The lowest BCUT2D eigenvalue weighted by atomic mass is 9.70. The van der Waals surface area contributed by atoms with E-state index >= 15 is 0 Å². The van der Waals surface area contributed by atoms with Crippen LogP contribution in [0.25, 0.3) is 0 Å². The van der Waals surface area contributed by atoms with Crippen LogP contribution in [0.1, 0.15) is 44.6 Å². The van der Waals surface area contributed by atoms with Crippen LogP contribution in [0.2, 0.25) is 0 Å². The van der Waals surface area contributed by atoms with Gasteiger partial charge in [-0.1, -0.05) is 38.2 Å². The Bertz CT molecular complexity index is 683. The summed E-state index contributed by atoms with van der Waals surface area (Å²) in [7, 11) is 1.98. The summed E-state index contributed by atoms with van der Waals surface area (Å²) in [6.45, 7) is 5.37. The largest absolute Gasteiger partial charge is 0.379 e. The Labute approximate surface area is 155 Å². The molecule has 1 aromatic carbocycles. The van der Waals surface area contributed by atoms with Gasteiger partial charge in [-0.05, 0) is 62.2 Å². The summed E-state index contributed by atoms with van der Waals surface area (Å²) in [6, 6.07) is 2.66. The monoisotopic (exact) mass is 360 g/mol. The molecule has 26 heavy (non-hydrogen) atoms. The number of anilines is 1. The van der Waals surface area contributed by atoms with Crippen molar-refractivity contribution in [3.05, 3.63) is 53.6 Å². The number of rotatable bonds is 6. The van der Waals surface area contributed by atoms with Gasteiger partial charge < -0.3 is 10.6 Å². The van der Waals surface area contributed by atoms with E-state index in [9.17, 15) is 8.78 Å². The molecule has 1 heterocycles. The van der Waals surface area contributed by atoms with Crippen LogP contribution in [0.15, 0.2) is 36.4 Å². The van der Waals surface area contributed by atoms with Gasteiger partial charge in [0, 0.05) is 18.0 Å². The average molecular weight is 360 g/mol. The minimum atomic E-state index is -0.490. The number of nitrogens with one attached hydrogen (secondary N) is 2. The zero-order valence-corrected chi connectivity index (χ0v) is 15.9. The van der Waals surface area contributed by atoms with Crippen molar-refractivity contribution in [1.82, 2.24) is 5.32 Å².